The molecule has 0 saturated carbocycles. The molecule has 2 aromatic carbocycles. The van der Waals surface area contributed by atoms with Crippen LogP contribution in [0.15, 0.2) is 30.3 Å². The van der Waals surface area contributed by atoms with Gasteiger partial charge in [-0.3, -0.25) is 0 Å². The van der Waals surface area contributed by atoms with E-state index >= 15 is 0 Å². The van der Waals surface area contributed by atoms with Crippen LogP contribution in [-0.2, 0) is 13.0 Å². The highest BCUT2D eigenvalue weighted by molar-refractivity contribution is 5.99. The first kappa shape index (κ1) is 34.0. The van der Waals surface area contributed by atoms with E-state index < -0.39 is 11.6 Å². The summed E-state index contributed by atoms with van der Waals surface area (Å²) in [5.74, 6) is 0.570. The average molecular weight is 587 g/mol. The van der Waals surface area contributed by atoms with Gasteiger partial charge in [0.25, 0.3) is 0 Å². The number of benzene rings is 2. The van der Waals surface area contributed by atoms with Gasteiger partial charge in [-0.1, -0.05) is 84.0 Å². The third-order valence-corrected chi connectivity index (χ3v) is 8.46. The van der Waals surface area contributed by atoms with Crippen LogP contribution in [0.1, 0.15) is 126 Å². The zero-order chi connectivity index (χ0) is 30.0. The molecule has 2 aromatic rings. The van der Waals surface area contributed by atoms with Crippen LogP contribution in [-0.4, -0.2) is 42.3 Å². The highest BCUT2D eigenvalue weighted by atomic mass is 19.1. The minimum absolute atomic E-state index is 0.274. The number of aliphatic hydroxyl groups excluding tert-OH is 1. The Labute approximate surface area is 253 Å². The second-order valence-electron chi connectivity index (χ2n) is 11.7. The fraction of sp³-hybridized carbons (Fsp3) is 0.639. The fourth-order valence-electron chi connectivity index (χ4n) is 6.02. The second-order valence-corrected chi connectivity index (χ2v) is 11.7. The summed E-state index contributed by atoms with van der Waals surface area (Å²) >= 11 is 0. The Morgan fingerprint density at radius 3 is 2.14 bits per heavy atom. The maximum atomic E-state index is 14.7. The van der Waals surface area contributed by atoms with Crippen molar-refractivity contribution in [2.24, 2.45) is 0 Å². The molecule has 1 heterocycles. The van der Waals surface area contributed by atoms with Gasteiger partial charge < -0.3 is 14.6 Å². The Balaban J connectivity index is 1.72. The standard InChI is InChI=1S/C36H54F2NO3/c1-3-4-5-6-7-8-9-12-15-18-34-31-21-22-35(41-2)36(42-26-17-14-11-10-13-16-25-40)32(31)23-24-39(34)28-29-19-20-30(37)27-33(29)38/h19-22,27,40H,3-18,23-26,28H2,1-2H3/q+1. The molecule has 0 aliphatic carbocycles. The number of halogens is 2. The van der Waals surface area contributed by atoms with Crippen LogP contribution < -0.4 is 9.47 Å². The lowest BCUT2D eigenvalue weighted by molar-refractivity contribution is -0.546. The van der Waals surface area contributed by atoms with Gasteiger partial charge in [0, 0.05) is 36.6 Å². The Hall–Kier alpha value is -2.47. The van der Waals surface area contributed by atoms with Crippen molar-refractivity contribution < 1.29 is 27.9 Å². The van der Waals surface area contributed by atoms with Crippen molar-refractivity contribution in [2.45, 2.75) is 123 Å². The number of unbranched alkanes of at least 4 members (excludes halogenated alkanes) is 13. The summed E-state index contributed by atoms with van der Waals surface area (Å²) < 4.78 is 42.6. The van der Waals surface area contributed by atoms with Crippen LogP contribution in [0.3, 0.4) is 0 Å². The van der Waals surface area contributed by atoms with Crippen molar-refractivity contribution in [3.63, 3.8) is 0 Å². The van der Waals surface area contributed by atoms with Crippen molar-refractivity contribution in [1.82, 2.24) is 0 Å². The first-order chi connectivity index (χ1) is 20.6. The largest absolute Gasteiger partial charge is 0.493 e. The lowest BCUT2D eigenvalue weighted by atomic mass is 9.91. The Kier molecular flexibility index (Phi) is 15.9. The van der Waals surface area contributed by atoms with Crippen molar-refractivity contribution in [1.29, 1.82) is 0 Å². The number of nitrogens with zero attached hydrogens (tertiary/aromatic N) is 1. The topological polar surface area (TPSA) is 41.7 Å². The van der Waals surface area contributed by atoms with E-state index in [-0.39, 0.29) is 6.61 Å². The van der Waals surface area contributed by atoms with E-state index in [1.165, 1.54) is 74.3 Å². The summed E-state index contributed by atoms with van der Waals surface area (Å²) in [6.45, 7) is 4.35. The van der Waals surface area contributed by atoms with Crippen LogP contribution in [0.4, 0.5) is 8.78 Å². The molecule has 6 heteroatoms. The van der Waals surface area contributed by atoms with Crippen LogP contribution in [0.5, 0.6) is 11.5 Å². The van der Waals surface area contributed by atoms with Crippen LogP contribution in [0, 0.1) is 11.6 Å². The number of fused-ring (bicyclic) bond motifs is 1. The van der Waals surface area contributed by atoms with Crippen molar-refractivity contribution in [2.75, 3.05) is 26.9 Å². The van der Waals surface area contributed by atoms with Crippen molar-refractivity contribution in [3.05, 3.63) is 58.7 Å². The minimum Gasteiger partial charge on any atom is -0.493 e. The molecule has 234 valence electrons. The number of methoxy groups -OCH3 is 1. The highest BCUT2D eigenvalue weighted by Crippen LogP contribution is 2.37. The molecule has 1 aliphatic rings. The highest BCUT2D eigenvalue weighted by Gasteiger charge is 2.30. The van der Waals surface area contributed by atoms with Gasteiger partial charge in [0.05, 0.1) is 19.3 Å². The molecular formula is C36H54F2NO3+. The molecule has 0 atom stereocenters. The Bertz CT molecular complexity index is 1100. The predicted octanol–water partition coefficient (Wildman–Crippen LogP) is 9.16. The van der Waals surface area contributed by atoms with Gasteiger partial charge >= 0.3 is 0 Å². The van der Waals surface area contributed by atoms with Crippen LogP contribution in [0.25, 0.3) is 0 Å². The van der Waals surface area contributed by atoms with Crippen molar-refractivity contribution in [3.8, 4) is 11.5 Å². The average Bonchev–Trinajstić information content (AvgIpc) is 2.99. The fourth-order valence-corrected chi connectivity index (χ4v) is 6.02. The number of rotatable bonds is 22. The van der Waals surface area contributed by atoms with Gasteiger partial charge in [0.15, 0.2) is 23.8 Å². The molecule has 1 aliphatic heterocycles. The lowest BCUT2D eigenvalue weighted by Crippen LogP contribution is -2.30. The monoisotopic (exact) mass is 586 g/mol. The molecule has 4 nitrogen and oxygen atoms in total. The van der Waals surface area contributed by atoms with Gasteiger partial charge in [-0.15, -0.1) is 0 Å². The maximum Gasteiger partial charge on any atom is 0.184 e. The van der Waals surface area contributed by atoms with E-state index in [2.05, 4.69) is 17.6 Å². The van der Waals surface area contributed by atoms with Gasteiger partial charge in [-0.25, -0.2) is 13.4 Å². The minimum atomic E-state index is -0.543. The van der Waals surface area contributed by atoms with E-state index in [4.69, 9.17) is 14.6 Å². The summed E-state index contributed by atoms with van der Waals surface area (Å²) in [6, 6.07) is 8.04. The molecule has 0 unspecified atom stereocenters. The van der Waals surface area contributed by atoms with E-state index in [0.717, 1.165) is 81.9 Å². The quantitative estimate of drug-likeness (QED) is 0.110. The first-order valence-electron chi connectivity index (χ1n) is 16.6. The molecule has 0 saturated heterocycles. The van der Waals surface area contributed by atoms with Gasteiger partial charge in [0.1, 0.15) is 18.2 Å². The summed E-state index contributed by atoms with van der Waals surface area (Å²) in [4.78, 5) is 0. The molecule has 0 spiro atoms. The van der Waals surface area contributed by atoms with Crippen LogP contribution >= 0.6 is 0 Å². The summed E-state index contributed by atoms with van der Waals surface area (Å²) in [7, 11) is 1.69. The molecule has 0 fully saturated rings. The number of hydrogen-bond donors (Lipinski definition) is 1. The molecule has 0 radical (unpaired) electrons. The van der Waals surface area contributed by atoms with E-state index in [9.17, 15) is 8.78 Å². The second kappa shape index (κ2) is 19.7. The molecule has 0 aromatic heterocycles. The SMILES string of the molecule is CCCCCCCCCCCC1=[N+](Cc2ccc(F)cc2F)CCc2c1ccc(OC)c2OCCCCCCCCO. The molecule has 0 bridgehead atoms. The summed E-state index contributed by atoms with van der Waals surface area (Å²) in [6.07, 6.45) is 19.5. The van der Waals surface area contributed by atoms with Gasteiger partial charge in [-0.05, 0) is 43.5 Å². The molecule has 3 rings (SSSR count). The smallest absolute Gasteiger partial charge is 0.184 e. The van der Waals surface area contributed by atoms with E-state index in [1.807, 2.05) is 6.07 Å². The van der Waals surface area contributed by atoms with E-state index in [0.29, 0.717) is 18.7 Å². The van der Waals surface area contributed by atoms with Crippen LogP contribution in [0.2, 0.25) is 0 Å². The van der Waals surface area contributed by atoms with E-state index in [1.54, 1.807) is 13.2 Å². The third-order valence-electron chi connectivity index (χ3n) is 8.46. The third kappa shape index (κ3) is 11.0. The zero-order valence-electron chi connectivity index (χ0n) is 26.2. The normalized spacial score (nSPS) is 13.0. The zero-order valence-corrected chi connectivity index (χ0v) is 26.2. The number of ether oxygens (including phenoxy) is 2. The Morgan fingerprint density at radius 2 is 1.48 bits per heavy atom. The van der Waals surface area contributed by atoms with Crippen molar-refractivity contribution >= 4 is 5.71 Å². The molecular weight excluding hydrogens is 532 g/mol. The predicted molar refractivity (Wildman–Crippen MR) is 168 cm³/mol. The number of hydrogen-bond acceptors (Lipinski definition) is 3. The van der Waals surface area contributed by atoms with Gasteiger partial charge in [-0.2, -0.15) is 0 Å². The maximum absolute atomic E-state index is 14.7. The summed E-state index contributed by atoms with van der Waals surface area (Å²) in [5, 5.41) is 8.96. The first-order valence-corrected chi connectivity index (χ1v) is 16.6. The summed E-state index contributed by atoms with van der Waals surface area (Å²) in [5.41, 5.74) is 4.09. The lowest BCUT2D eigenvalue weighted by Gasteiger charge is -2.23. The van der Waals surface area contributed by atoms with Gasteiger partial charge in [0.2, 0.25) is 0 Å². The molecule has 42 heavy (non-hydrogen) atoms. The Morgan fingerprint density at radius 1 is 0.810 bits per heavy atom. The molecule has 1 N–H and O–H groups in total. The molecule has 0 amide bonds. The number of aliphatic hydroxyl groups is 1.